The lowest BCUT2D eigenvalue weighted by atomic mass is 9.94. The molecule has 11 heavy (non-hydrogen) atoms. The molecule has 0 aliphatic carbocycles. The van der Waals surface area contributed by atoms with Crippen LogP contribution in [-0.4, -0.2) is 12.6 Å². The van der Waals surface area contributed by atoms with Crippen molar-refractivity contribution in [3.63, 3.8) is 0 Å². The van der Waals surface area contributed by atoms with Gasteiger partial charge in [-0.15, -0.1) is 0 Å². The van der Waals surface area contributed by atoms with Gasteiger partial charge in [-0.3, -0.25) is 0 Å². The van der Waals surface area contributed by atoms with Crippen LogP contribution in [0.25, 0.3) is 0 Å². The third-order valence-corrected chi connectivity index (χ3v) is 2.32. The Labute approximate surface area is 70.3 Å². The first-order valence-corrected chi connectivity index (χ1v) is 4.71. The Kier molecular flexibility index (Phi) is 6.57. The quantitative estimate of drug-likeness (QED) is 0.615. The molecule has 0 aliphatic heterocycles. The zero-order valence-corrected chi connectivity index (χ0v) is 7.84. The number of hydrogen-bond acceptors (Lipinski definition) is 2. The third-order valence-electron chi connectivity index (χ3n) is 2.32. The molecule has 0 fully saturated rings. The van der Waals surface area contributed by atoms with Crippen LogP contribution in [0.1, 0.15) is 39.5 Å². The molecule has 0 saturated carbocycles. The van der Waals surface area contributed by atoms with Crippen LogP contribution in [0, 0.1) is 5.92 Å². The van der Waals surface area contributed by atoms with E-state index in [1.165, 1.54) is 12.8 Å². The normalized spacial score (nSPS) is 16.4. The van der Waals surface area contributed by atoms with Gasteiger partial charge in [0.1, 0.15) is 0 Å². The van der Waals surface area contributed by atoms with Crippen LogP contribution in [0.15, 0.2) is 0 Å². The molecule has 4 N–H and O–H groups in total. The molecule has 0 saturated heterocycles. The highest BCUT2D eigenvalue weighted by Gasteiger charge is 2.12. The molecule has 0 heterocycles. The minimum Gasteiger partial charge on any atom is -0.330 e. The minimum absolute atomic E-state index is 0.324. The van der Waals surface area contributed by atoms with Gasteiger partial charge < -0.3 is 11.5 Å². The monoisotopic (exact) mass is 158 g/mol. The summed E-state index contributed by atoms with van der Waals surface area (Å²) >= 11 is 0. The number of nitrogens with two attached hydrogens (primary N) is 2. The number of unbranched alkanes of at least 4 members (excludes halogenated alkanes) is 1. The van der Waals surface area contributed by atoms with E-state index in [4.69, 9.17) is 11.5 Å². The third kappa shape index (κ3) is 4.38. The lowest BCUT2D eigenvalue weighted by Gasteiger charge is -2.20. The molecule has 2 atom stereocenters. The summed E-state index contributed by atoms with van der Waals surface area (Å²) in [7, 11) is 0. The van der Waals surface area contributed by atoms with Gasteiger partial charge in [-0.25, -0.2) is 0 Å². The Morgan fingerprint density at radius 3 is 2.27 bits per heavy atom. The van der Waals surface area contributed by atoms with Gasteiger partial charge in [0.15, 0.2) is 0 Å². The summed E-state index contributed by atoms with van der Waals surface area (Å²) in [4.78, 5) is 0. The average Bonchev–Trinajstić information content (AvgIpc) is 2.03. The SMILES string of the molecule is CCCCC(N)C(CC)CN. The van der Waals surface area contributed by atoms with Gasteiger partial charge in [-0.05, 0) is 18.9 Å². The summed E-state index contributed by atoms with van der Waals surface area (Å²) in [6.07, 6.45) is 4.71. The Balaban J connectivity index is 3.51. The van der Waals surface area contributed by atoms with Crippen molar-refractivity contribution in [3.05, 3.63) is 0 Å². The smallest absolute Gasteiger partial charge is 0.00790 e. The van der Waals surface area contributed by atoms with E-state index in [0.29, 0.717) is 12.0 Å². The van der Waals surface area contributed by atoms with Gasteiger partial charge in [0.05, 0.1) is 0 Å². The molecule has 0 rings (SSSR count). The predicted molar refractivity (Wildman–Crippen MR) is 50.3 cm³/mol. The molecular formula is C9H22N2. The molecule has 0 aliphatic rings. The van der Waals surface area contributed by atoms with Crippen LogP contribution >= 0.6 is 0 Å². The zero-order valence-electron chi connectivity index (χ0n) is 7.84. The van der Waals surface area contributed by atoms with Gasteiger partial charge in [-0.1, -0.05) is 33.1 Å². The first kappa shape index (κ1) is 10.9. The highest BCUT2D eigenvalue weighted by Crippen LogP contribution is 2.10. The molecule has 0 amide bonds. The van der Waals surface area contributed by atoms with Crippen LogP contribution in [0.3, 0.4) is 0 Å². The molecule has 0 radical (unpaired) electrons. The van der Waals surface area contributed by atoms with E-state index in [9.17, 15) is 0 Å². The van der Waals surface area contributed by atoms with Crippen molar-refractivity contribution in [3.8, 4) is 0 Å². The molecule has 68 valence electrons. The maximum Gasteiger partial charge on any atom is 0.00790 e. The van der Waals surface area contributed by atoms with E-state index in [-0.39, 0.29) is 0 Å². The molecule has 0 bridgehead atoms. The molecule has 2 heteroatoms. The second-order valence-electron chi connectivity index (χ2n) is 3.21. The van der Waals surface area contributed by atoms with E-state index >= 15 is 0 Å². The topological polar surface area (TPSA) is 52.0 Å². The fraction of sp³-hybridized carbons (Fsp3) is 1.00. The van der Waals surface area contributed by atoms with Crippen LogP contribution in [0.4, 0.5) is 0 Å². The molecule has 0 spiro atoms. The lowest BCUT2D eigenvalue weighted by molar-refractivity contribution is 0.388. The standard InChI is InChI=1S/C9H22N2/c1-3-5-6-9(11)8(4-2)7-10/h8-9H,3-7,10-11H2,1-2H3. The number of rotatable bonds is 6. The van der Waals surface area contributed by atoms with Crippen molar-refractivity contribution < 1.29 is 0 Å². The largest absolute Gasteiger partial charge is 0.330 e. The van der Waals surface area contributed by atoms with Crippen molar-refractivity contribution in [1.29, 1.82) is 0 Å². The lowest BCUT2D eigenvalue weighted by Crippen LogP contribution is -2.34. The van der Waals surface area contributed by atoms with E-state index in [1.807, 2.05) is 0 Å². The predicted octanol–water partition coefficient (Wildman–Crippen LogP) is 1.49. The number of hydrogen-bond donors (Lipinski definition) is 2. The summed E-state index contributed by atoms with van der Waals surface area (Å²) in [6.45, 7) is 5.08. The Morgan fingerprint density at radius 2 is 1.91 bits per heavy atom. The highest BCUT2D eigenvalue weighted by atomic mass is 14.7. The fourth-order valence-corrected chi connectivity index (χ4v) is 1.32. The van der Waals surface area contributed by atoms with E-state index in [2.05, 4.69) is 13.8 Å². The molecule has 0 aromatic carbocycles. The van der Waals surface area contributed by atoms with Crippen LogP contribution in [0.2, 0.25) is 0 Å². The molecule has 2 nitrogen and oxygen atoms in total. The summed E-state index contributed by atoms with van der Waals surface area (Å²) < 4.78 is 0. The van der Waals surface area contributed by atoms with Crippen LogP contribution in [-0.2, 0) is 0 Å². The van der Waals surface area contributed by atoms with Crippen molar-refractivity contribution in [1.82, 2.24) is 0 Å². The van der Waals surface area contributed by atoms with Gasteiger partial charge in [0, 0.05) is 6.04 Å². The first-order chi connectivity index (χ1) is 5.26. The van der Waals surface area contributed by atoms with Crippen LogP contribution < -0.4 is 11.5 Å². The first-order valence-electron chi connectivity index (χ1n) is 4.71. The van der Waals surface area contributed by atoms with E-state index in [0.717, 1.165) is 19.4 Å². The molecule has 0 aromatic heterocycles. The summed E-state index contributed by atoms with van der Waals surface area (Å²) in [5.74, 6) is 0.529. The average molecular weight is 158 g/mol. The Morgan fingerprint density at radius 1 is 1.27 bits per heavy atom. The second-order valence-corrected chi connectivity index (χ2v) is 3.21. The summed E-state index contributed by atoms with van der Waals surface area (Å²) in [5, 5.41) is 0. The van der Waals surface area contributed by atoms with Gasteiger partial charge in [0.25, 0.3) is 0 Å². The highest BCUT2D eigenvalue weighted by molar-refractivity contribution is 4.71. The van der Waals surface area contributed by atoms with Crippen molar-refractivity contribution in [2.24, 2.45) is 17.4 Å². The van der Waals surface area contributed by atoms with Gasteiger partial charge in [0.2, 0.25) is 0 Å². The Hall–Kier alpha value is -0.0800. The fourth-order valence-electron chi connectivity index (χ4n) is 1.32. The van der Waals surface area contributed by atoms with Crippen molar-refractivity contribution in [2.75, 3.05) is 6.54 Å². The van der Waals surface area contributed by atoms with Crippen molar-refractivity contribution in [2.45, 2.75) is 45.6 Å². The zero-order chi connectivity index (χ0) is 8.69. The minimum atomic E-state index is 0.324. The van der Waals surface area contributed by atoms with Gasteiger partial charge in [-0.2, -0.15) is 0 Å². The molecule has 2 unspecified atom stereocenters. The maximum atomic E-state index is 5.95. The van der Waals surface area contributed by atoms with E-state index in [1.54, 1.807) is 0 Å². The molecular weight excluding hydrogens is 136 g/mol. The summed E-state index contributed by atoms with van der Waals surface area (Å²) in [6, 6.07) is 0.324. The Bertz CT molecular complexity index is 79.6. The maximum absolute atomic E-state index is 5.95. The second kappa shape index (κ2) is 6.62. The van der Waals surface area contributed by atoms with Crippen LogP contribution in [0.5, 0.6) is 0 Å². The summed E-state index contributed by atoms with van der Waals surface area (Å²) in [5.41, 5.74) is 11.5. The van der Waals surface area contributed by atoms with Crippen molar-refractivity contribution >= 4 is 0 Å². The van der Waals surface area contributed by atoms with E-state index < -0.39 is 0 Å². The molecule has 0 aromatic rings. The van der Waals surface area contributed by atoms with Gasteiger partial charge >= 0.3 is 0 Å².